The third kappa shape index (κ3) is 7.48. The van der Waals surface area contributed by atoms with Crippen LogP contribution >= 0.6 is 11.8 Å². The molecule has 0 bridgehead atoms. The average molecular weight is 429 g/mol. The SMILES string of the molecule is O=C(CSCc1ccc(C(=O)NC2CCCCCCC2)cc1)Nc1ccc(F)cc1. The lowest BCUT2D eigenvalue weighted by Crippen LogP contribution is -2.35. The molecule has 3 rings (SSSR count). The van der Waals surface area contributed by atoms with Crippen LogP contribution in [0.2, 0.25) is 0 Å². The number of benzene rings is 2. The van der Waals surface area contributed by atoms with Gasteiger partial charge in [0.2, 0.25) is 5.91 Å². The average Bonchev–Trinajstić information content (AvgIpc) is 2.72. The summed E-state index contributed by atoms with van der Waals surface area (Å²) >= 11 is 1.50. The van der Waals surface area contributed by atoms with Crippen LogP contribution in [0.15, 0.2) is 48.5 Å². The maximum Gasteiger partial charge on any atom is 0.251 e. The third-order valence-corrected chi connectivity index (χ3v) is 6.29. The number of nitrogens with one attached hydrogen (secondary N) is 2. The predicted octanol–water partition coefficient (Wildman–Crippen LogP) is 5.54. The van der Waals surface area contributed by atoms with Crippen LogP contribution in [0.4, 0.5) is 10.1 Å². The number of carbonyl (C=O) groups excluding carboxylic acids is 2. The molecule has 0 saturated heterocycles. The largest absolute Gasteiger partial charge is 0.349 e. The second-order valence-electron chi connectivity index (χ2n) is 7.76. The first-order valence-electron chi connectivity index (χ1n) is 10.6. The van der Waals surface area contributed by atoms with Gasteiger partial charge < -0.3 is 10.6 Å². The molecule has 0 aromatic heterocycles. The Morgan fingerprint density at radius 2 is 1.53 bits per heavy atom. The Hall–Kier alpha value is -2.34. The Balaban J connectivity index is 1.40. The van der Waals surface area contributed by atoms with Crippen LogP contribution in [0, 0.1) is 5.82 Å². The maximum absolute atomic E-state index is 12.9. The van der Waals surface area contributed by atoms with Crippen molar-refractivity contribution in [2.24, 2.45) is 0 Å². The topological polar surface area (TPSA) is 58.2 Å². The molecule has 1 aliphatic rings. The van der Waals surface area contributed by atoms with Gasteiger partial charge in [0.25, 0.3) is 5.91 Å². The Labute approximate surface area is 182 Å². The molecule has 4 nitrogen and oxygen atoms in total. The molecule has 0 aliphatic heterocycles. The highest BCUT2D eigenvalue weighted by Crippen LogP contribution is 2.18. The number of amides is 2. The van der Waals surface area contributed by atoms with Crippen LogP contribution in [0.5, 0.6) is 0 Å². The summed E-state index contributed by atoms with van der Waals surface area (Å²) in [7, 11) is 0. The van der Waals surface area contributed by atoms with E-state index in [0.717, 1.165) is 18.4 Å². The van der Waals surface area contributed by atoms with Gasteiger partial charge in [-0.2, -0.15) is 0 Å². The molecule has 2 aromatic carbocycles. The summed E-state index contributed by atoms with van der Waals surface area (Å²) in [4.78, 5) is 24.5. The Morgan fingerprint density at radius 1 is 0.900 bits per heavy atom. The predicted molar refractivity (Wildman–Crippen MR) is 121 cm³/mol. The molecule has 2 N–H and O–H groups in total. The van der Waals surface area contributed by atoms with Crippen molar-refractivity contribution in [2.45, 2.75) is 56.7 Å². The first-order valence-corrected chi connectivity index (χ1v) is 11.8. The molecule has 0 radical (unpaired) electrons. The van der Waals surface area contributed by atoms with E-state index in [1.165, 1.54) is 68.1 Å². The van der Waals surface area contributed by atoms with Gasteiger partial charge in [-0.3, -0.25) is 9.59 Å². The first kappa shape index (κ1) is 22.3. The van der Waals surface area contributed by atoms with Crippen molar-refractivity contribution >= 4 is 29.3 Å². The van der Waals surface area contributed by atoms with Crippen molar-refractivity contribution in [3.05, 3.63) is 65.5 Å². The second-order valence-corrected chi connectivity index (χ2v) is 8.75. The zero-order chi connectivity index (χ0) is 21.2. The Morgan fingerprint density at radius 3 is 2.20 bits per heavy atom. The summed E-state index contributed by atoms with van der Waals surface area (Å²) in [5.41, 5.74) is 2.33. The number of rotatable bonds is 7. The van der Waals surface area contributed by atoms with Crippen LogP contribution in [-0.4, -0.2) is 23.6 Å². The number of hydrogen-bond donors (Lipinski definition) is 2. The third-order valence-electron chi connectivity index (χ3n) is 5.29. The van der Waals surface area contributed by atoms with Crippen LogP contribution < -0.4 is 10.6 Å². The van der Waals surface area contributed by atoms with Gasteiger partial charge in [-0.1, -0.05) is 44.2 Å². The summed E-state index contributed by atoms with van der Waals surface area (Å²) in [5, 5.41) is 5.93. The Bertz CT molecular complexity index is 816. The smallest absolute Gasteiger partial charge is 0.251 e. The fourth-order valence-electron chi connectivity index (χ4n) is 3.61. The van der Waals surface area contributed by atoms with E-state index in [1.54, 1.807) is 0 Å². The van der Waals surface area contributed by atoms with Crippen molar-refractivity contribution in [3.8, 4) is 0 Å². The summed E-state index contributed by atoms with van der Waals surface area (Å²) in [6.07, 6.45) is 8.36. The minimum Gasteiger partial charge on any atom is -0.349 e. The molecule has 2 amide bonds. The molecular formula is C24H29FN2O2S. The van der Waals surface area contributed by atoms with Crippen molar-refractivity contribution in [3.63, 3.8) is 0 Å². The molecule has 30 heavy (non-hydrogen) atoms. The van der Waals surface area contributed by atoms with Crippen molar-refractivity contribution in [1.82, 2.24) is 5.32 Å². The van der Waals surface area contributed by atoms with Gasteiger partial charge in [0, 0.05) is 23.0 Å². The molecule has 1 saturated carbocycles. The Kier molecular flexibility index (Phi) is 8.75. The van der Waals surface area contributed by atoms with E-state index in [0.29, 0.717) is 22.8 Å². The number of thioether (sulfide) groups is 1. The number of anilines is 1. The lowest BCUT2D eigenvalue weighted by Gasteiger charge is -2.21. The number of hydrogen-bond acceptors (Lipinski definition) is 3. The van der Waals surface area contributed by atoms with E-state index >= 15 is 0 Å². The van der Waals surface area contributed by atoms with E-state index in [2.05, 4.69) is 10.6 Å². The standard InChI is InChI=1S/C24H29FN2O2S/c25-20-12-14-22(15-13-20)26-23(28)17-30-16-18-8-10-19(11-9-18)24(29)27-21-6-4-2-1-3-5-7-21/h8-15,21H,1-7,16-17H2,(H,26,28)(H,27,29). The molecule has 0 atom stereocenters. The van der Waals surface area contributed by atoms with Gasteiger partial charge in [-0.25, -0.2) is 4.39 Å². The van der Waals surface area contributed by atoms with Gasteiger partial charge in [0.05, 0.1) is 5.75 Å². The van der Waals surface area contributed by atoms with Crippen LogP contribution in [0.1, 0.15) is 60.9 Å². The fraction of sp³-hybridized carbons (Fsp3) is 0.417. The number of carbonyl (C=O) groups is 2. The van der Waals surface area contributed by atoms with Gasteiger partial charge in [0.1, 0.15) is 5.82 Å². The monoisotopic (exact) mass is 428 g/mol. The summed E-state index contributed by atoms with van der Waals surface area (Å²) in [6, 6.07) is 13.6. The van der Waals surface area contributed by atoms with Crippen LogP contribution in [0.3, 0.4) is 0 Å². The molecule has 1 fully saturated rings. The summed E-state index contributed by atoms with van der Waals surface area (Å²) in [6.45, 7) is 0. The molecule has 160 valence electrons. The fourth-order valence-corrected chi connectivity index (χ4v) is 4.40. The van der Waals surface area contributed by atoms with Gasteiger partial charge in [0.15, 0.2) is 0 Å². The second kappa shape index (κ2) is 11.7. The first-order chi connectivity index (χ1) is 14.6. The quantitative estimate of drug-likeness (QED) is 0.609. The van der Waals surface area contributed by atoms with E-state index in [-0.39, 0.29) is 23.7 Å². The van der Waals surface area contributed by atoms with Crippen molar-refractivity contribution in [2.75, 3.05) is 11.1 Å². The summed E-state index contributed by atoms with van der Waals surface area (Å²) < 4.78 is 12.9. The molecular weight excluding hydrogens is 399 g/mol. The van der Waals surface area contributed by atoms with Crippen molar-refractivity contribution < 1.29 is 14.0 Å². The van der Waals surface area contributed by atoms with Crippen LogP contribution in [0.25, 0.3) is 0 Å². The zero-order valence-corrected chi connectivity index (χ0v) is 18.0. The maximum atomic E-state index is 12.9. The van der Waals surface area contributed by atoms with Gasteiger partial charge in [-0.15, -0.1) is 11.8 Å². The minimum atomic E-state index is -0.329. The molecule has 1 aliphatic carbocycles. The van der Waals surface area contributed by atoms with Gasteiger partial charge >= 0.3 is 0 Å². The highest BCUT2D eigenvalue weighted by atomic mass is 32.2. The lowest BCUT2D eigenvalue weighted by atomic mass is 9.96. The molecule has 2 aromatic rings. The highest BCUT2D eigenvalue weighted by molar-refractivity contribution is 7.99. The van der Waals surface area contributed by atoms with E-state index in [9.17, 15) is 14.0 Å². The minimum absolute atomic E-state index is 0.00143. The van der Waals surface area contributed by atoms with E-state index in [1.807, 2.05) is 24.3 Å². The summed E-state index contributed by atoms with van der Waals surface area (Å²) in [5.74, 6) is 0.535. The van der Waals surface area contributed by atoms with E-state index < -0.39 is 0 Å². The van der Waals surface area contributed by atoms with Crippen molar-refractivity contribution in [1.29, 1.82) is 0 Å². The zero-order valence-electron chi connectivity index (χ0n) is 17.2. The lowest BCUT2D eigenvalue weighted by molar-refractivity contribution is -0.113. The molecule has 0 unspecified atom stereocenters. The normalized spacial score (nSPS) is 15.1. The molecule has 0 heterocycles. The van der Waals surface area contributed by atoms with Gasteiger partial charge in [-0.05, 0) is 54.8 Å². The molecule has 0 spiro atoms. The molecule has 6 heteroatoms. The van der Waals surface area contributed by atoms with Crippen LogP contribution in [-0.2, 0) is 10.5 Å². The highest BCUT2D eigenvalue weighted by Gasteiger charge is 2.15. The van der Waals surface area contributed by atoms with E-state index in [4.69, 9.17) is 0 Å². The number of halogens is 1.